The maximum atomic E-state index is 12.6. The molecule has 0 spiro atoms. The fourth-order valence-electron chi connectivity index (χ4n) is 3.84. The van der Waals surface area contributed by atoms with Crippen LogP contribution in [0.3, 0.4) is 0 Å². The predicted molar refractivity (Wildman–Crippen MR) is 124 cm³/mol. The number of carboxylic acid groups (broad SMARTS) is 1. The van der Waals surface area contributed by atoms with Gasteiger partial charge in [-0.05, 0) is 43.4 Å². The van der Waals surface area contributed by atoms with Gasteiger partial charge in [-0.2, -0.15) is 0 Å². The van der Waals surface area contributed by atoms with Gasteiger partial charge in [0.15, 0.2) is 0 Å². The lowest BCUT2D eigenvalue weighted by Crippen LogP contribution is -2.43. The number of aliphatic hydroxyl groups excluding tert-OH is 1. The van der Waals surface area contributed by atoms with Crippen molar-refractivity contribution in [1.29, 1.82) is 0 Å². The third-order valence-corrected chi connectivity index (χ3v) is 6.34. The number of nitrogens with zero attached hydrogens (tertiary/aromatic N) is 1. The largest absolute Gasteiger partial charge is 0.481 e. The highest BCUT2D eigenvalue weighted by molar-refractivity contribution is 8.00. The van der Waals surface area contributed by atoms with E-state index in [-0.39, 0.29) is 17.7 Å². The molecule has 30 heavy (non-hydrogen) atoms. The molecule has 5 nitrogen and oxygen atoms in total. The first kappa shape index (κ1) is 24.5. The minimum Gasteiger partial charge on any atom is -0.481 e. The van der Waals surface area contributed by atoms with Crippen LogP contribution in [-0.2, 0) is 9.59 Å². The Hall–Kier alpha value is -1.79. The van der Waals surface area contributed by atoms with Crippen LogP contribution in [0.2, 0.25) is 0 Å². The quantitative estimate of drug-likeness (QED) is 0.324. The Bertz CT molecular complexity index is 689. The summed E-state index contributed by atoms with van der Waals surface area (Å²) in [5.74, 6) is 0.118. The summed E-state index contributed by atoms with van der Waals surface area (Å²) in [6, 6.07) is 7.91. The molecule has 0 saturated carbocycles. The Morgan fingerprint density at radius 3 is 2.70 bits per heavy atom. The van der Waals surface area contributed by atoms with Crippen LogP contribution in [0, 0.1) is 0 Å². The molecule has 0 radical (unpaired) electrons. The Labute approximate surface area is 184 Å². The highest BCUT2D eigenvalue weighted by Gasteiger charge is 2.28. The van der Waals surface area contributed by atoms with E-state index >= 15 is 0 Å². The van der Waals surface area contributed by atoms with Gasteiger partial charge in [-0.1, -0.05) is 56.9 Å². The van der Waals surface area contributed by atoms with Crippen LogP contribution in [0.5, 0.6) is 0 Å². The van der Waals surface area contributed by atoms with Crippen molar-refractivity contribution in [3.63, 3.8) is 0 Å². The number of unbranched alkanes of at least 4 members (excludes halogenated alkanes) is 3. The summed E-state index contributed by atoms with van der Waals surface area (Å²) in [6.07, 6.45) is 12.1. The number of aliphatic carboxylic acids is 1. The molecular weight excluding hydrogens is 398 g/mol. The van der Waals surface area contributed by atoms with E-state index in [1.807, 2.05) is 35.2 Å². The highest BCUT2D eigenvalue weighted by atomic mass is 32.2. The van der Waals surface area contributed by atoms with E-state index in [0.29, 0.717) is 12.2 Å². The third kappa shape index (κ3) is 8.15. The molecule has 1 aromatic rings. The fraction of sp³-hybridized carbons (Fsp3) is 0.583. The van der Waals surface area contributed by atoms with Gasteiger partial charge in [0.05, 0.1) is 11.9 Å². The topological polar surface area (TPSA) is 77.8 Å². The molecule has 1 heterocycles. The molecule has 2 rings (SSSR count). The number of thioether (sulfide) groups is 1. The van der Waals surface area contributed by atoms with Crippen LogP contribution in [0.4, 0.5) is 5.69 Å². The zero-order chi connectivity index (χ0) is 21.8. The molecule has 1 aliphatic heterocycles. The maximum Gasteiger partial charge on any atom is 0.313 e. The number of aliphatic hydroxyl groups is 1. The maximum absolute atomic E-state index is 12.6. The van der Waals surface area contributed by atoms with E-state index in [4.69, 9.17) is 5.11 Å². The molecule has 1 fully saturated rings. The molecule has 6 heteroatoms. The number of carboxylic acids is 1. The van der Waals surface area contributed by atoms with Crippen molar-refractivity contribution in [2.45, 2.75) is 76.9 Å². The number of carbonyl (C=O) groups is 2. The first-order chi connectivity index (χ1) is 14.5. The zero-order valence-corrected chi connectivity index (χ0v) is 18.8. The van der Waals surface area contributed by atoms with Gasteiger partial charge in [-0.3, -0.25) is 9.59 Å². The summed E-state index contributed by atoms with van der Waals surface area (Å²) >= 11 is 1.37. The van der Waals surface area contributed by atoms with Crippen molar-refractivity contribution in [2.75, 3.05) is 16.4 Å². The number of amides is 1. The van der Waals surface area contributed by atoms with Gasteiger partial charge in [0, 0.05) is 23.9 Å². The average Bonchev–Trinajstić information content (AvgIpc) is 2.73. The number of benzene rings is 1. The van der Waals surface area contributed by atoms with E-state index in [1.165, 1.54) is 24.6 Å². The fourth-order valence-corrected chi connectivity index (χ4v) is 4.41. The van der Waals surface area contributed by atoms with E-state index < -0.39 is 12.1 Å². The SMILES string of the molecule is CCCCCCC(O)c1ccc(N2C(=O)CCCC2CC=CCSCC(=O)O)cc1. The predicted octanol–water partition coefficient (Wildman–Crippen LogP) is 5.34. The highest BCUT2D eigenvalue weighted by Crippen LogP contribution is 2.30. The number of carbonyl (C=O) groups excluding carboxylic acids is 1. The van der Waals surface area contributed by atoms with Gasteiger partial charge < -0.3 is 15.1 Å². The Morgan fingerprint density at radius 2 is 2.00 bits per heavy atom. The van der Waals surface area contributed by atoms with E-state index in [2.05, 4.69) is 13.0 Å². The molecule has 166 valence electrons. The van der Waals surface area contributed by atoms with Crippen molar-refractivity contribution >= 4 is 29.3 Å². The summed E-state index contributed by atoms with van der Waals surface area (Å²) < 4.78 is 0. The Kier molecular flexibility index (Phi) is 11.0. The van der Waals surface area contributed by atoms with Crippen LogP contribution in [0.25, 0.3) is 0 Å². The molecule has 0 bridgehead atoms. The van der Waals surface area contributed by atoms with Crippen molar-refractivity contribution in [3.8, 4) is 0 Å². The van der Waals surface area contributed by atoms with E-state index in [1.54, 1.807) is 0 Å². The van der Waals surface area contributed by atoms with Crippen molar-refractivity contribution in [1.82, 2.24) is 0 Å². The first-order valence-electron chi connectivity index (χ1n) is 11.1. The standard InChI is InChI=1S/C24H35NO4S/c1-2-3-4-5-11-22(26)19-13-15-21(16-14-19)25-20(10-8-12-23(25)27)9-6-7-17-30-18-24(28)29/h6-7,13-16,20,22,26H,2-5,8-12,17-18H2,1H3,(H,28,29). The third-order valence-electron chi connectivity index (χ3n) is 5.46. The van der Waals surface area contributed by atoms with Gasteiger partial charge in [-0.15, -0.1) is 11.8 Å². The van der Waals surface area contributed by atoms with Crippen LogP contribution in [0.1, 0.15) is 76.4 Å². The summed E-state index contributed by atoms with van der Waals surface area (Å²) in [5.41, 5.74) is 1.80. The molecule has 1 amide bonds. The summed E-state index contributed by atoms with van der Waals surface area (Å²) in [6.45, 7) is 2.18. The lowest BCUT2D eigenvalue weighted by atomic mass is 9.96. The molecule has 2 unspecified atom stereocenters. The monoisotopic (exact) mass is 433 g/mol. The average molecular weight is 434 g/mol. The van der Waals surface area contributed by atoms with Gasteiger partial charge in [0.2, 0.25) is 5.91 Å². The Morgan fingerprint density at radius 1 is 1.23 bits per heavy atom. The first-order valence-corrected chi connectivity index (χ1v) is 12.2. The molecule has 1 aromatic carbocycles. The number of hydrogen-bond acceptors (Lipinski definition) is 4. The summed E-state index contributed by atoms with van der Waals surface area (Å²) in [5, 5.41) is 19.1. The van der Waals surface area contributed by atoms with Crippen LogP contribution < -0.4 is 4.90 Å². The second-order valence-electron chi connectivity index (χ2n) is 7.88. The molecule has 0 aliphatic carbocycles. The minimum atomic E-state index is -0.799. The minimum absolute atomic E-state index is 0.106. The normalized spacial score (nSPS) is 18.1. The van der Waals surface area contributed by atoms with Gasteiger partial charge >= 0.3 is 5.97 Å². The van der Waals surface area contributed by atoms with Crippen molar-refractivity contribution < 1.29 is 19.8 Å². The van der Waals surface area contributed by atoms with Crippen LogP contribution >= 0.6 is 11.8 Å². The number of piperidine rings is 1. The number of anilines is 1. The lowest BCUT2D eigenvalue weighted by molar-refractivity contribution is -0.133. The van der Waals surface area contributed by atoms with Crippen LogP contribution in [0.15, 0.2) is 36.4 Å². The molecule has 1 aliphatic rings. The van der Waals surface area contributed by atoms with Gasteiger partial charge in [0.25, 0.3) is 0 Å². The second-order valence-corrected chi connectivity index (χ2v) is 8.91. The second kappa shape index (κ2) is 13.5. The van der Waals surface area contributed by atoms with E-state index in [0.717, 1.165) is 49.8 Å². The van der Waals surface area contributed by atoms with Crippen molar-refractivity contribution in [2.24, 2.45) is 0 Å². The molecule has 2 atom stereocenters. The number of rotatable bonds is 13. The van der Waals surface area contributed by atoms with Crippen molar-refractivity contribution in [3.05, 3.63) is 42.0 Å². The summed E-state index contributed by atoms with van der Waals surface area (Å²) in [4.78, 5) is 25.1. The van der Waals surface area contributed by atoms with Gasteiger partial charge in [-0.25, -0.2) is 0 Å². The lowest BCUT2D eigenvalue weighted by Gasteiger charge is -2.35. The van der Waals surface area contributed by atoms with Gasteiger partial charge in [0.1, 0.15) is 0 Å². The molecule has 1 saturated heterocycles. The van der Waals surface area contributed by atoms with Crippen LogP contribution in [-0.4, -0.2) is 39.6 Å². The Balaban J connectivity index is 1.93. The summed E-state index contributed by atoms with van der Waals surface area (Å²) in [7, 11) is 0. The zero-order valence-electron chi connectivity index (χ0n) is 18.0. The number of hydrogen-bond donors (Lipinski definition) is 2. The van der Waals surface area contributed by atoms with E-state index in [9.17, 15) is 14.7 Å². The smallest absolute Gasteiger partial charge is 0.313 e. The molecular formula is C24H35NO4S. The molecule has 0 aromatic heterocycles. The molecule has 2 N–H and O–H groups in total.